The molecule has 3 rings (SSSR count). The van der Waals surface area contributed by atoms with Gasteiger partial charge in [0.05, 0.1) is 16.1 Å². The molecule has 29 heavy (non-hydrogen) atoms. The number of hydrogen-bond acceptors (Lipinski definition) is 6. The first-order chi connectivity index (χ1) is 17.5. The van der Waals surface area contributed by atoms with E-state index in [-0.39, 0.29) is 39.0 Å². The van der Waals surface area contributed by atoms with Gasteiger partial charge in [-0.1, -0.05) is 25.1 Å². The quantitative estimate of drug-likeness (QED) is 0.610. The molecule has 0 spiro atoms. The standard InChI is InChI=1S/C20H30N6O3/c1-4-18(27)26(17-9-7-6-8-10-17)20(29-3)11-13-23(14-12-20)15-16-25-19(28)24(5-2)21-22-25/h6-10H,4-5,11-16H2,1-3H3/i4D2,6D,7D,8D,9D,10D,16D2. The van der Waals surface area contributed by atoms with Crippen LogP contribution in [0.15, 0.2) is 35.0 Å². The molecule has 0 unspecified atom stereocenters. The second-order valence-corrected chi connectivity index (χ2v) is 6.44. The van der Waals surface area contributed by atoms with Gasteiger partial charge in [0.2, 0.25) is 5.91 Å². The summed E-state index contributed by atoms with van der Waals surface area (Å²) < 4.78 is 81.0. The first-order valence-corrected chi connectivity index (χ1v) is 9.24. The van der Waals surface area contributed by atoms with Crippen LogP contribution in [0.5, 0.6) is 0 Å². The Morgan fingerprint density at radius 3 is 2.45 bits per heavy atom. The monoisotopic (exact) mass is 411 g/mol. The largest absolute Gasteiger partial charge is 0.363 e. The lowest BCUT2D eigenvalue weighted by Crippen LogP contribution is -2.59. The smallest absolute Gasteiger partial charge is 0.358 e. The van der Waals surface area contributed by atoms with Crippen LogP contribution in [-0.4, -0.2) is 63.1 Å². The van der Waals surface area contributed by atoms with Crippen molar-refractivity contribution in [2.75, 3.05) is 31.6 Å². The van der Waals surface area contributed by atoms with Crippen LogP contribution in [0.3, 0.4) is 0 Å². The summed E-state index contributed by atoms with van der Waals surface area (Å²) in [6.07, 6.45) is -2.50. The van der Waals surface area contributed by atoms with Crippen LogP contribution in [0.2, 0.25) is 0 Å². The van der Waals surface area contributed by atoms with E-state index < -0.39 is 66.1 Å². The molecule has 1 amide bonds. The van der Waals surface area contributed by atoms with Gasteiger partial charge in [0, 0.05) is 60.9 Å². The Morgan fingerprint density at radius 1 is 1.24 bits per heavy atom. The maximum absolute atomic E-state index is 13.4. The molecule has 9 nitrogen and oxygen atoms in total. The summed E-state index contributed by atoms with van der Waals surface area (Å²) in [5.74, 6) is -1.15. The minimum absolute atomic E-state index is 0.0138. The number of hydrogen-bond donors (Lipinski definition) is 0. The average molecular weight is 412 g/mol. The number of anilines is 1. The highest BCUT2D eigenvalue weighted by Gasteiger charge is 2.43. The Balaban J connectivity index is 1.99. The highest BCUT2D eigenvalue weighted by atomic mass is 16.5. The van der Waals surface area contributed by atoms with E-state index >= 15 is 0 Å². The van der Waals surface area contributed by atoms with E-state index in [1.165, 1.54) is 7.11 Å². The summed E-state index contributed by atoms with van der Waals surface area (Å²) in [7, 11) is 1.28. The number of carbonyl (C=O) groups excluding carboxylic acids is 1. The number of carbonyl (C=O) groups is 1. The van der Waals surface area contributed by atoms with Crippen LogP contribution in [0.4, 0.5) is 5.69 Å². The van der Waals surface area contributed by atoms with Crippen molar-refractivity contribution in [2.45, 2.75) is 51.8 Å². The van der Waals surface area contributed by atoms with Crippen LogP contribution in [-0.2, 0) is 22.6 Å². The molecule has 1 saturated heterocycles. The van der Waals surface area contributed by atoms with Crippen molar-refractivity contribution in [3.63, 3.8) is 0 Å². The van der Waals surface area contributed by atoms with Gasteiger partial charge in [-0.05, 0) is 29.4 Å². The number of methoxy groups -OCH3 is 1. The van der Waals surface area contributed by atoms with Gasteiger partial charge in [0.1, 0.15) is 5.72 Å². The van der Waals surface area contributed by atoms with Gasteiger partial charge in [-0.25, -0.2) is 4.79 Å². The van der Waals surface area contributed by atoms with Gasteiger partial charge in [0.15, 0.2) is 0 Å². The van der Waals surface area contributed by atoms with E-state index in [1.54, 1.807) is 11.8 Å². The Kier molecular flexibility index (Phi) is 3.93. The molecule has 1 aliphatic heterocycles. The molecule has 0 aliphatic carbocycles. The number of piperidine rings is 1. The number of aromatic nitrogens is 4. The van der Waals surface area contributed by atoms with Gasteiger partial charge >= 0.3 is 5.69 Å². The van der Waals surface area contributed by atoms with Crippen LogP contribution >= 0.6 is 0 Å². The molecule has 2 heterocycles. The summed E-state index contributed by atoms with van der Waals surface area (Å²) in [4.78, 5) is 28.3. The van der Waals surface area contributed by atoms with Gasteiger partial charge < -0.3 is 9.64 Å². The van der Waals surface area contributed by atoms with E-state index in [0.717, 1.165) is 16.5 Å². The fourth-order valence-corrected chi connectivity index (χ4v) is 3.28. The fourth-order valence-electron chi connectivity index (χ4n) is 3.28. The molecule has 1 aromatic carbocycles. The molecule has 0 bridgehead atoms. The van der Waals surface area contributed by atoms with Crippen molar-refractivity contribution >= 4 is 11.6 Å². The van der Waals surface area contributed by atoms with E-state index in [4.69, 9.17) is 17.1 Å². The predicted molar refractivity (Wildman–Crippen MR) is 110 cm³/mol. The molecular weight excluding hydrogens is 372 g/mol. The fraction of sp³-hybridized carbons (Fsp3) is 0.600. The summed E-state index contributed by atoms with van der Waals surface area (Å²) in [5.41, 5.74) is -2.80. The topological polar surface area (TPSA) is 85.5 Å². The highest BCUT2D eigenvalue weighted by Crippen LogP contribution is 2.34. The Hall–Kier alpha value is -2.52. The van der Waals surface area contributed by atoms with Gasteiger partial charge in [-0.3, -0.25) is 9.69 Å². The zero-order valence-corrected chi connectivity index (χ0v) is 16.7. The Bertz CT molecular complexity index is 1240. The van der Waals surface area contributed by atoms with Crippen LogP contribution in [0.1, 0.15) is 45.4 Å². The highest BCUT2D eigenvalue weighted by molar-refractivity contribution is 5.94. The first-order valence-electron chi connectivity index (χ1n) is 13.7. The predicted octanol–water partition coefficient (Wildman–Crippen LogP) is 1.34. The molecule has 0 saturated carbocycles. The molecule has 9 heteroatoms. The summed E-state index contributed by atoms with van der Waals surface area (Å²) >= 11 is 0. The van der Waals surface area contributed by atoms with E-state index in [2.05, 4.69) is 10.4 Å². The van der Waals surface area contributed by atoms with Gasteiger partial charge in [-0.2, -0.15) is 9.36 Å². The Labute approximate surface area is 183 Å². The molecule has 1 fully saturated rings. The van der Waals surface area contributed by atoms with Crippen molar-refractivity contribution in [1.29, 1.82) is 0 Å². The van der Waals surface area contributed by atoms with Crippen LogP contribution in [0, 0.1) is 0 Å². The number of rotatable bonds is 8. The number of ether oxygens (including phenoxy) is 1. The van der Waals surface area contributed by atoms with Gasteiger partial charge in [-0.15, -0.1) is 0 Å². The van der Waals surface area contributed by atoms with Crippen molar-refractivity contribution in [3.05, 3.63) is 40.7 Å². The maximum Gasteiger partial charge on any atom is 0.363 e. The number of tetrazole rings is 1. The van der Waals surface area contributed by atoms with E-state index in [1.807, 2.05) is 0 Å². The lowest BCUT2D eigenvalue weighted by Gasteiger charge is -2.47. The third-order valence-electron chi connectivity index (χ3n) is 4.94. The van der Waals surface area contributed by atoms with E-state index in [0.29, 0.717) is 4.68 Å². The van der Waals surface area contributed by atoms with Crippen molar-refractivity contribution < 1.29 is 21.9 Å². The zero-order valence-electron chi connectivity index (χ0n) is 25.7. The van der Waals surface area contributed by atoms with Crippen molar-refractivity contribution in [2.24, 2.45) is 0 Å². The minimum Gasteiger partial charge on any atom is -0.358 e. The lowest BCUT2D eigenvalue weighted by atomic mass is 9.96. The molecule has 1 aliphatic rings. The molecule has 2 aromatic rings. The summed E-state index contributed by atoms with van der Waals surface area (Å²) in [6.45, 7) is 0.644. The first kappa shape index (κ1) is 12.2. The normalized spacial score (nSPS) is 22.1. The number of nitrogens with zero attached hydrogens (tertiary/aromatic N) is 6. The van der Waals surface area contributed by atoms with E-state index in [9.17, 15) is 9.59 Å². The summed E-state index contributed by atoms with van der Waals surface area (Å²) in [5, 5.41) is 7.28. The number of likely N-dealkylation sites (tertiary alicyclic amines) is 1. The second-order valence-electron chi connectivity index (χ2n) is 6.44. The molecule has 0 radical (unpaired) electrons. The third-order valence-corrected chi connectivity index (χ3v) is 4.94. The summed E-state index contributed by atoms with van der Waals surface area (Å²) in [6, 6.07) is -3.38. The number of aryl methyl sites for hydroxylation is 1. The Morgan fingerprint density at radius 2 is 1.90 bits per heavy atom. The molecule has 0 N–H and O–H groups in total. The third kappa shape index (κ3) is 4.40. The van der Waals surface area contributed by atoms with Crippen LogP contribution < -0.4 is 10.6 Å². The molecular formula is C20H30N6O3. The number of amides is 1. The molecule has 158 valence electrons. The van der Waals surface area contributed by atoms with Crippen molar-refractivity contribution in [3.8, 4) is 0 Å². The SMILES string of the molecule is [2H]c1c([2H])c([2H])c(N(C(=O)C([2H])([2H])C)C2(OC)CCN(CC([2H])([2H])n3nnn(CC)c3=O)CC2)c([2H])c1[2H]. The molecule has 0 atom stereocenters. The number of para-hydroxylation sites is 1. The van der Waals surface area contributed by atoms with Crippen molar-refractivity contribution in [1.82, 2.24) is 24.7 Å². The maximum atomic E-state index is 13.4. The number of benzene rings is 1. The average Bonchev–Trinajstić information content (AvgIpc) is 3.25. The van der Waals surface area contributed by atoms with Crippen LogP contribution in [0.25, 0.3) is 0 Å². The van der Waals surface area contributed by atoms with Gasteiger partial charge in [0.25, 0.3) is 0 Å². The minimum atomic E-state index is -2.48. The second kappa shape index (κ2) is 9.32. The molecule has 1 aromatic heterocycles. The zero-order chi connectivity index (χ0) is 28.8. The lowest BCUT2D eigenvalue weighted by molar-refractivity contribution is -0.128.